The van der Waals surface area contributed by atoms with Gasteiger partial charge in [0.25, 0.3) is 0 Å². The lowest BCUT2D eigenvalue weighted by Crippen LogP contribution is -2.02. The summed E-state index contributed by atoms with van der Waals surface area (Å²) in [4.78, 5) is 0. The Morgan fingerprint density at radius 1 is 1.57 bits per heavy atom. The van der Waals surface area contributed by atoms with Crippen LogP contribution in [0.5, 0.6) is 0 Å². The minimum Gasteiger partial charge on any atom is -0.396 e. The van der Waals surface area contributed by atoms with Crippen LogP contribution >= 0.6 is 11.6 Å². The molecule has 2 nitrogen and oxygen atoms in total. The fourth-order valence-corrected chi connectivity index (χ4v) is 1.54. The maximum absolute atomic E-state index is 13.3. The monoisotopic (exact) mass is 213 g/mol. The SMILES string of the molecule is N#CC(CCO)c1c(F)cccc1Cl. The van der Waals surface area contributed by atoms with Gasteiger partial charge in [-0.05, 0) is 18.6 Å². The molecule has 14 heavy (non-hydrogen) atoms. The molecule has 0 saturated carbocycles. The predicted molar refractivity (Wildman–Crippen MR) is 51.5 cm³/mol. The number of hydrogen-bond acceptors (Lipinski definition) is 2. The molecule has 1 aromatic rings. The summed E-state index contributed by atoms with van der Waals surface area (Å²) < 4.78 is 13.3. The van der Waals surface area contributed by atoms with Gasteiger partial charge >= 0.3 is 0 Å². The summed E-state index contributed by atoms with van der Waals surface area (Å²) in [5, 5.41) is 17.7. The fourth-order valence-electron chi connectivity index (χ4n) is 1.25. The van der Waals surface area contributed by atoms with Crippen molar-refractivity contribution in [2.75, 3.05) is 6.61 Å². The van der Waals surface area contributed by atoms with Crippen molar-refractivity contribution in [2.24, 2.45) is 0 Å². The first-order valence-corrected chi connectivity index (χ1v) is 4.53. The summed E-state index contributed by atoms with van der Waals surface area (Å²) >= 11 is 5.77. The van der Waals surface area contributed by atoms with Gasteiger partial charge in [0.15, 0.2) is 0 Å². The van der Waals surface area contributed by atoms with Gasteiger partial charge in [0.05, 0.1) is 12.0 Å². The van der Waals surface area contributed by atoms with Crippen LogP contribution in [0.4, 0.5) is 4.39 Å². The molecule has 0 fully saturated rings. The average molecular weight is 214 g/mol. The topological polar surface area (TPSA) is 44.0 Å². The number of halogens is 2. The third-order valence-electron chi connectivity index (χ3n) is 1.92. The van der Waals surface area contributed by atoms with Crippen molar-refractivity contribution in [1.29, 1.82) is 5.26 Å². The number of nitriles is 1. The van der Waals surface area contributed by atoms with E-state index in [1.165, 1.54) is 18.2 Å². The second-order valence-electron chi connectivity index (χ2n) is 2.83. The molecule has 1 aromatic carbocycles. The lowest BCUT2D eigenvalue weighted by atomic mass is 9.97. The maximum atomic E-state index is 13.3. The summed E-state index contributed by atoms with van der Waals surface area (Å²) in [7, 11) is 0. The first kappa shape index (κ1) is 11.0. The molecule has 0 aliphatic heterocycles. The molecule has 0 aliphatic rings. The van der Waals surface area contributed by atoms with Crippen LogP contribution in [-0.4, -0.2) is 11.7 Å². The van der Waals surface area contributed by atoms with E-state index in [4.69, 9.17) is 22.0 Å². The highest BCUT2D eigenvalue weighted by atomic mass is 35.5. The van der Waals surface area contributed by atoms with E-state index in [1.807, 2.05) is 6.07 Å². The molecule has 0 heterocycles. The van der Waals surface area contributed by atoms with E-state index >= 15 is 0 Å². The fraction of sp³-hybridized carbons (Fsp3) is 0.300. The van der Waals surface area contributed by atoms with Crippen molar-refractivity contribution in [3.63, 3.8) is 0 Å². The number of nitrogens with zero attached hydrogens (tertiary/aromatic N) is 1. The lowest BCUT2D eigenvalue weighted by Gasteiger charge is -2.10. The molecule has 0 amide bonds. The largest absolute Gasteiger partial charge is 0.396 e. The van der Waals surface area contributed by atoms with Gasteiger partial charge in [-0.1, -0.05) is 17.7 Å². The van der Waals surface area contributed by atoms with Crippen LogP contribution in [0.1, 0.15) is 17.9 Å². The average Bonchev–Trinajstić information content (AvgIpc) is 2.16. The van der Waals surface area contributed by atoms with Crippen LogP contribution in [0.3, 0.4) is 0 Å². The van der Waals surface area contributed by atoms with E-state index < -0.39 is 11.7 Å². The molecule has 74 valence electrons. The zero-order valence-electron chi connectivity index (χ0n) is 7.37. The first-order valence-electron chi connectivity index (χ1n) is 4.15. The highest BCUT2D eigenvalue weighted by molar-refractivity contribution is 6.31. The summed E-state index contributed by atoms with van der Waals surface area (Å²) in [6, 6.07) is 6.18. The van der Waals surface area contributed by atoms with Gasteiger partial charge in [0.2, 0.25) is 0 Å². The number of aliphatic hydroxyl groups is 1. The normalized spacial score (nSPS) is 12.1. The summed E-state index contributed by atoms with van der Waals surface area (Å²) in [6.07, 6.45) is 0.192. The van der Waals surface area contributed by atoms with Gasteiger partial charge in [0, 0.05) is 17.2 Å². The van der Waals surface area contributed by atoms with Gasteiger partial charge in [0.1, 0.15) is 5.82 Å². The molecule has 0 spiro atoms. The van der Waals surface area contributed by atoms with Gasteiger partial charge in [-0.15, -0.1) is 0 Å². The third kappa shape index (κ3) is 2.22. The smallest absolute Gasteiger partial charge is 0.129 e. The van der Waals surface area contributed by atoms with E-state index in [0.717, 1.165) is 0 Å². The quantitative estimate of drug-likeness (QED) is 0.838. The molecule has 0 aliphatic carbocycles. The van der Waals surface area contributed by atoms with Crippen molar-refractivity contribution >= 4 is 11.6 Å². The maximum Gasteiger partial charge on any atom is 0.129 e. The van der Waals surface area contributed by atoms with Crippen LogP contribution in [0.25, 0.3) is 0 Å². The van der Waals surface area contributed by atoms with E-state index in [2.05, 4.69) is 0 Å². The van der Waals surface area contributed by atoms with Crippen molar-refractivity contribution < 1.29 is 9.50 Å². The Bertz CT molecular complexity index is 341. The van der Waals surface area contributed by atoms with Crippen molar-refractivity contribution in [2.45, 2.75) is 12.3 Å². The molecule has 0 aromatic heterocycles. The molecular formula is C10H9ClFNO. The van der Waals surface area contributed by atoms with Gasteiger partial charge in [-0.25, -0.2) is 4.39 Å². The molecule has 1 rings (SSSR count). The summed E-state index contributed by atoms with van der Waals surface area (Å²) in [6.45, 7) is -0.164. The highest BCUT2D eigenvalue weighted by Gasteiger charge is 2.17. The number of aliphatic hydroxyl groups excluding tert-OH is 1. The molecular weight excluding hydrogens is 205 g/mol. The molecule has 4 heteroatoms. The number of benzene rings is 1. The summed E-state index contributed by atoms with van der Waals surface area (Å²) in [5.74, 6) is -1.19. The van der Waals surface area contributed by atoms with Crippen LogP contribution in [0.2, 0.25) is 5.02 Å². The van der Waals surface area contributed by atoms with Crippen molar-refractivity contribution in [1.82, 2.24) is 0 Å². The Balaban J connectivity index is 3.10. The lowest BCUT2D eigenvalue weighted by molar-refractivity contribution is 0.283. The van der Waals surface area contributed by atoms with Gasteiger partial charge < -0.3 is 5.11 Å². The second-order valence-corrected chi connectivity index (χ2v) is 3.24. The Kier molecular flexibility index (Phi) is 3.87. The van der Waals surface area contributed by atoms with Crippen LogP contribution in [-0.2, 0) is 0 Å². The summed E-state index contributed by atoms with van der Waals surface area (Å²) in [5.41, 5.74) is 0.172. The van der Waals surface area contributed by atoms with Gasteiger partial charge in [-0.2, -0.15) is 5.26 Å². The van der Waals surface area contributed by atoms with E-state index in [9.17, 15) is 4.39 Å². The Morgan fingerprint density at radius 2 is 2.29 bits per heavy atom. The molecule has 0 saturated heterocycles. The minimum absolute atomic E-state index is 0.164. The minimum atomic E-state index is -0.686. The first-order chi connectivity index (χ1) is 6.70. The van der Waals surface area contributed by atoms with Crippen molar-refractivity contribution in [3.05, 3.63) is 34.6 Å². The molecule has 0 radical (unpaired) electrons. The molecule has 0 bridgehead atoms. The van der Waals surface area contributed by atoms with Gasteiger partial charge in [-0.3, -0.25) is 0 Å². The van der Waals surface area contributed by atoms with E-state index in [-0.39, 0.29) is 23.6 Å². The molecule has 1 N–H and O–H groups in total. The Morgan fingerprint density at radius 3 is 2.79 bits per heavy atom. The van der Waals surface area contributed by atoms with Crippen molar-refractivity contribution in [3.8, 4) is 6.07 Å². The van der Waals surface area contributed by atoms with E-state index in [0.29, 0.717) is 0 Å². The van der Waals surface area contributed by atoms with Crippen LogP contribution in [0.15, 0.2) is 18.2 Å². The highest BCUT2D eigenvalue weighted by Crippen LogP contribution is 2.28. The zero-order chi connectivity index (χ0) is 10.6. The molecule has 1 atom stereocenters. The standard InChI is InChI=1S/C10H9ClFNO/c11-8-2-1-3-9(12)10(8)7(6-13)4-5-14/h1-3,7,14H,4-5H2. The molecule has 1 unspecified atom stereocenters. The predicted octanol–water partition coefficient (Wildman–Crippen LogP) is 2.47. The van der Waals surface area contributed by atoms with Crippen LogP contribution < -0.4 is 0 Å². The third-order valence-corrected chi connectivity index (χ3v) is 2.25. The second kappa shape index (κ2) is 4.94. The zero-order valence-corrected chi connectivity index (χ0v) is 8.13. The van der Waals surface area contributed by atoms with Crippen LogP contribution in [0, 0.1) is 17.1 Å². The number of rotatable bonds is 3. The Labute approximate surface area is 86.5 Å². The Hall–Kier alpha value is -1.11. The number of hydrogen-bond donors (Lipinski definition) is 1. The van der Waals surface area contributed by atoms with E-state index in [1.54, 1.807) is 0 Å².